The highest BCUT2D eigenvalue weighted by atomic mass is 79.9. The van der Waals surface area contributed by atoms with Crippen LogP contribution in [0, 0.1) is 0 Å². The standard InChI is InChI=1S/C17H28BrNO2/c1-5-10-20-11-12-21-16(13-19-17(2,3)4)14-6-8-15(18)9-7-14/h6-9,16,19H,5,10-13H2,1-4H3. The van der Waals surface area contributed by atoms with Crippen molar-refractivity contribution in [2.75, 3.05) is 26.4 Å². The lowest BCUT2D eigenvalue weighted by Crippen LogP contribution is -2.39. The van der Waals surface area contributed by atoms with Crippen LogP contribution in [0.25, 0.3) is 0 Å². The Morgan fingerprint density at radius 1 is 1.10 bits per heavy atom. The Morgan fingerprint density at radius 3 is 2.33 bits per heavy atom. The lowest BCUT2D eigenvalue weighted by Gasteiger charge is -2.26. The molecular formula is C17H28BrNO2. The van der Waals surface area contributed by atoms with Crippen molar-refractivity contribution in [3.8, 4) is 0 Å². The van der Waals surface area contributed by atoms with Gasteiger partial charge in [-0.05, 0) is 44.9 Å². The van der Waals surface area contributed by atoms with E-state index in [0.717, 1.165) is 24.0 Å². The van der Waals surface area contributed by atoms with E-state index in [1.165, 1.54) is 5.56 Å². The normalized spacial score (nSPS) is 13.4. The number of ether oxygens (including phenoxy) is 2. The van der Waals surface area contributed by atoms with Crippen molar-refractivity contribution in [2.45, 2.75) is 45.8 Å². The number of nitrogens with one attached hydrogen (secondary N) is 1. The molecule has 0 saturated heterocycles. The molecule has 0 aliphatic heterocycles. The average molecular weight is 358 g/mol. The summed E-state index contributed by atoms with van der Waals surface area (Å²) in [5.74, 6) is 0. The molecule has 1 aromatic carbocycles. The molecule has 0 heterocycles. The van der Waals surface area contributed by atoms with Gasteiger partial charge < -0.3 is 14.8 Å². The fraction of sp³-hybridized carbons (Fsp3) is 0.647. The molecule has 0 aliphatic carbocycles. The molecular weight excluding hydrogens is 330 g/mol. The molecule has 21 heavy (non-hydrogen) atoms. The summed E-state index contributed by atoms with van der Waals surface area (Å²) in [4.78, 5) is 0. The Balaban J connectivity index is 2.55. The van der Waals surface area contributed by atoms with Crippen LogP contribution in [-0.2, 0) is 9.47 Å². The lowest BCUT2D eigenvalue weighted by molar-refractivity contribution is 0.00208. The Bertz CT molecular complexity index is 387. The Labute approximate surface area is 137 Å². The summed E-state index contributed by atoms with van der Waals surface area (Å²) in [6.45, 7) is 11.5. The predicted molar refractivity (Wildman–Crippen MR) is 91.7 cm³/mol. The van der Waals surface area contributed by atoms with E-state index >= 15 is 0 Å². The molecule has 1 rings (SSSR count). The fourth-order valence-corrected chi connectivity index (χ4v) is 2.11. The van der Waals surface area contributed by atoms with Gasteiger partial charge >= 0.3 is 0 Å². The van der Waals surface area contributed by atoms with Gasteiger partial charge in [0.1, 0.15) is 0 Å². The maximum Gasteiger partial charge on any atom is 0.0950 e. The minimum atomic E-state index is 0.0440. The first-order valence-electron chi connectivity index (χ1n) is 7.62. The van der Waals surface area contributed by atoms with Crippen molar-refractivity contribution in [1.82, 2.24) is 5.32 Å². The zero-order valence-electron chi connectivity index (χ0n) is 13.6. The van der Waals surface area contributed by atoms with Crippen LogP contribution in [0.15, 0.2) is 28.7 Å². The Morgan fingerprint density at radius 2 is 1.76 bits per heavy atom. The molecule has 1 N–H and O–H groups in total. The average Bonchev–Trinajstić information content (AvgIpc) is 2.42. The minimum Gasteiger partial charge on any atom is -0.379 e. The summed E-state index contributed by atoms with van der Waals surface area (Å²) >= 11 is 3.47. The number of hydrogen-bond acceptors (Lipinski definition) is 3. The first-order valence-corrected chi connectivity index (χ1v) is 8.41. The molecule has 120 valence electrons. The lowest BCUT2D eigenvalue weighted by atomic mass is 10.1. The molecule has 1 unspecified atom stereocenters. The van der Waals surface area contributed by atoms with E-state index in [0.29, 0.717) is 13.2 Å². The second-order valence-corrected chi connectivity index (χ2v) is 7.07. The van der Waals surface area contributed by atoms with E-state index in [4.69, 9.17) is 9.47 Å². The van der Waals surface area contributed by atoms with Gasteiger partial charge in [-0.2, -0.15) is 0 Å². The fourth-order valence-electron chi connectivity index (χ4n) is 1.85. The number of halogens is 1. The number of benzene rings is 1. The second-order valence-electron chi connectivity index (χ2n) is 6.15. The molecule has 0 amide bonds. The van der Waals surface area contributed by atoms with Crippen LogP contribution in [0.1, 0.15) is 45.8 Å². The second kappa shape index (κ2) is 9.57. The summed E-state index contributed by atoms with van der Waals surface area (Å²) in [6.07, 6.45) is 1.09. The third kappa shape index (κ3) is 8.57. The van der Waals surface area contributed by atoms with Gasteiger partial charge in [0.2, 0.25) is 0 Å². The molecule has 0 fully saturated rings. The van der Waals surface area contributed by atoms with Crippen LogP contribution in [0.3, 0.4) is 0 Å². The van der Waals surface area contributed by atoms with E-state index in [1.807, 2.05) is 0 Å². The highest BCUT2D eigenvalue weighted by Gasteiger charge is 2.16. The van der Waals surface area contributed by atoms with Crippen molar-refractivity contribution >= 4 is 15.9 Å². The van der Waals surface area contributed by atoms with Crippen molar-refractivity contribution in [3.05, 3.63) is 34.3 Å². The van der Waals surface area contributed by atoms with Crippen LogP contribution in [0.4, 0.5) is 0 Å². The van der Waals surface area contributed by atoms with Gasteiger partial charge in [0, 0.05) is 23.2 Å². The first-order chi connectivity index (χ1) is 9.92. The van der Waals surface area contributed by atoms with Crippen LogP contribution in [0.5, 0.6) is 0 Å². The van der Waals surface area contributed by atoms with E-state index in [1.54, 1.807) is 0 Å². The summed E-state index contributed by atoms with van der Waals surface area (Å²) < 4.78 is 12.6. The van der Waals surface area contributed by atoms with Crippen LogP contribution in [0.2, 0.25) is 0 Å². The van der Waals surface area contributed by atoms with E-state index in [-0.39, 0.29) is 11.6 Å². The summed E-state index contributed by atoms with van der Waals surface area (Å²) in [7, 11) is 0. The molecule has 0 spiro atoms. The molecule has 0 radical (unpaired) electrons. The molecule has 0 aromatic heterocycles. The molecule has 1 atom stereocenters. The van der Waals surface area contributed by atoms with Crippen molar-refractivity contribution < 1.29 is 9.47 Å². The highest BCUT2D eigenvalue weighted by molar-refractivity contribution is 9.10. The van der Waals surface area contributed by atoms with Crippen molar-refractivity contribution in [1.29, 1.82) is 0 Å². The summed E-state index contributed by atoms with van der Waals surface area (Å²) in [5, 5.41) is 3.51. The van der Waals surface area contributed by atoms with Gasteiger partial charge in [-0.25, -0.2) is 0 Å². The molecule has 0 bridgehead atoms. The van der Waals surface area contributed by atoms with Gasteiger partial charge in [-0.1, -0.05) is 35.0 Å². The highest BCUT2D eigenvalue weighted by Crippen LogP contribution is 2.20. The molecule has 0 aliphatic rings. The maximum atomic E-state index is 6.01. The topological polar surface area (TPSA) is 30.5 Å². The van der Waals surface area contributed by atoms with Gasteiger partial charge in [0.05, 0.1) is 19.3 Å². The van der Waals surface area contributed by atoms with Gasteiger partial charge in [-0.15, -0.1) is 0 Å². The summed E-state index contributed by atoms with van der Waals surface area (Å²) in [6, 6.07) is 8.31. The first kappa shape index (κ1) is 18.6. The Kier molecular flexibility index (Phi) is 8.49. The number of rotatable bonds is 9. The Hall–Kier alpha value is -0.420. The maximum absolute atomic E-state index is 6.01. The van der Waals surface area contributed by atoms with Gasteiger partial charge in [-0.3, -0.25) is 0 Å². The van der Waals surface area contributed by atoms with Gasteiger partial charge in [0.25, 0.3) is 0 Å². The zero-order valence-corrected chi connectivity index (χ0v) is 15.2. The molecule has 1 aromatic rings. The smallest absolute Gasteiger partial charge is 0.0950 e. The SMILES string of the molecule is CCCOCCOC(CNC(C)(C)C)c1ccc(Br)cc1. The molecule has 0 saturated carbocycles. The third-order valence-corrected chi connectivity index (χ3v) is 3.48. The minimum absolute atomic E-state index is 0.0440. The van der Waals surface area contributed by atoms with E-state index in [9.17, 15) is 0 Å². The third-order valence-electron chi connectivity index (χ3n) is 2.95. The quantitative estimate of drug-likeness (QED) is 0.667. The predicted octanol–water partition coefficient (Wildman–Crippen LogP) is 4.32. The molecule has 3 nitrogen and oxygen atoms in total. The van der Waals surface area contributed by atoms with Crippen molar-refractivity contribution in [2.24, 2.45) is 0 Å². The summed E-state index contributed by atoms with van der Waals surface area (Å²) in [5.41, 5.74) is 1.26. The van der Waals surface area contributed by atoms with Crippen LogP contribution < -0.4 is 5.32 Å². The van der Waals surface area contributed by atoms with Crippen molar-refractivity contribution in [3.63, 3.8) is 0 Å². The van der Waals surface area contributed by atoms with Gasteiger partial charge in [0.15, 0.2) is 0 Å². The largest absolute Gasteiger partial charge is 0.379 e. The van der Waals surface area contributed by atoms with Crippen LogP contribution in [-0.4, -0.2) is 31.9 Å². The van der Waals surface area contributed by atoms with E-state index in [2.05, 4.69) is 73.2 Å². The number of hydrogen-bond donors (Lipinski definition) is 1. The van der Waals surface area contributed by atoms with E-state index < -0.39 is 0 Å². The molecule has 4 heteroatoms. The zero-order chi connectivity index (χ0) is 15.7. The van der Waals surface area contributed by atoms with Crippen LogP contribution >= 0.6 is 15.9 Å². The monoisotopic (exact) mass is 357 g/mol.